The largest absolute Gasteiger partial charge is 0.392 e. The number of aliphatic hydroxyl groups excluding tert-OH is 1. The maximum absolute atomic E-state index is 9.40. The van der Waals surface area contributed by atoms with Gasteiger partial charge in [0.1, 0.15) is 5.82 Å². The minimum atomic E-state index is 0.0275. The maximum atomic E-state index is 9.40. The first kappa shape index (κ1) is 13.1. The predicted octanol–water partition coefficient (Wildman–Crippen LogP) is 2.31. The van der Waals surface area contributed by atoms with Crippen LogP contribution >= 0.6 is 15.9 Å². The zero-order valence-electron chi connectivity index (χ0n) is 10.5. The number of aliphatic hydroxyl groups is 1. The molecule has 1 aromatic carbocycles. The molecule has 0 aliphatic heterocycles. The average molecular weight is 310 g/mol. The molecule has 0 bridgehead atoms. The van der Waals surface area contributed by atoms with Crippen molar-refractivity contribution in [1.82, 2.24) is 9.55 Å². The molecule has 2 rings (SSSR count). The second-order valence-corrected chi connectivity index (χ2v) is 5.16. The van der Waals surface area contributed by atoms with Gasteiger partial charge in [-0.25, -0.2) is 4.98 Å². The Morgan fingerprint density at radius 2 is 2.22 bits per heavy atom. The quantitative estimate of drug-likeness (QED) is 0.942. The molecule has 0 unspecified atom stereocenters. The first-order chi connectivity index (χ1) is 8.61. The Morgan fingerprint density at radius 1 is 1.44 bits per heavy atom. The van der Waals surface area contributed by atoms with Crippen molar-refractivity contribution in [3.63, 3.8) is 0 Å². The van der Waals surface area contributed by atoms with Crippen LogP contribution in [0.2, 0.25) is 0 Å². The van der Waals surface area contributed by atoms with Crippen molar-refractivity contribution in [3.8, 4) is 0 Å². The lowest BCUT2D eigenvalue weighted by Crippen LogP contribution is -2.20. The molecule has 0 aliphatic rings. The van der Waals surface area contributed by atoms with Crippen LogP contribution < -0.4 is 4.90 Å². The van der Waals surface area contributed by atoms with Crippen molar-refractivity contribution in [2.75, 3.05) is 11.9 Å². The van der Waals surface area contributed by atoms with Gasteiger partial charge in [0.05, 0.1) is 13.2 Å². The van der Waals surface area contributed by atoms with E-state index in [0.717, 1.165) is 21.5 Å². The SMILES string of the molecule is CN(Cc1nccn1C)c1ccc(Br)cc1CO. The summed E-state index contributed by atoms with van der Waals surface area (Å²) in [5.41, 5.74) is 1.92. The van der Waals surface area contributed by atoms with Crippen LogP contribution in [0.25, 0.3) is 0 Å². The van der Waals surface area contributed by atoms with Crippen molar-refractivity contribution >= 4 is 21.6 Å². The van der Waals surface area contributed by atoms with Crippen molar-refractivity contribution in [3.05, 3.63) is 46.5 Å². The highest BCUT2D eigenvalue weighted by molar-refractivity contribution is 9.10. The molecule has 0 atom stereocenters. The first-order valence-corrected chi connectivity index (χ1v) is 6.47. The van der Waals surface area contributed by atoms with E-state index in [1.807, 2.05) is 43.1 Å². The number of imidazole rings is 1. The molecule has 5 heteroatoms. The lowest BCUT2D eigenvalue weighted by molar-refractivity contribution is 0.282. The van der Waals surface area contributed by atoms with Gasteiger partial charge in [-0.1, -0.05) is 15.9 Å². The molecule has 0 radical (unpaired) electrons. The Hall–Kier alpha value is -1.33. The van der Waals surface area contributed by atoms with Gasteiger partial charge >= 0.3 is 0 Å². The summed E-state index contributed by atoms with van der Waals surface area (Å²) in [6.07, 6.45) is 3.72. The van der Waals surface area contributed by atoms with E-state index >= 15 is 0 Å². The normalized spacial score (nSPS) is 10.7. The fourth-order valence-corrected chi connectivity index (χ4v) is 2.31. The van der Waals surface area contributed by atoms with Gasteiger partial charge in [0.2, 0.25) is 0 Å². The topological polar surface area (TPSA) is 41.3 Å². The summed E-state index contributed by atoms with van der Waals surface area (Å²) in [7, 11) is 3.97. The minimum absolute atomic E-state index is 0.0275. The molecule has 0 fully saturated rings. The zero-order valence-corrected chi connectivity index (χ0v) is 12.1. The van der Waals surface area contributed by atoms with Gasteiger partial charge in [-0.2, -0.15) is 0 Å². The summed E-state index contributed by atoms with van der Waals surface area (Å²) in [5.74, 6) is 0.990. The summed E-state index contributed by atoms with van der Waals surface area (Å²) < 4.78 is 2.97. The van der Waals surface area contributed by atoms with E-state index in [2.05, 4.69) is 25.8 Å². The number of halogens is 1. The Balaban J connectivity index is 2.23. The highest BCUT2D eigenvalue weighted by atomic mass is 79.9. The maximum Gasteiger partial charge on any atom is 0.127 e. The molecule has 0 saturated carbocycles. The number of benzene rings is 1. The molecule has 1 heterocycles. The van der Waals surface area contributed by atoms with Gasteiger partial charge in [-0.15, -0.1) is 0 Å². The number of hydrogen-bond acceptors (Lipinski definition) is 3. The van der Waals surface area contributed by atoms with Gasteiger partial charge in [-0.05, 0) is 18.2 Å². The van der Waals surface area contributed by atoms with Crippen LogP contribution in [0.3, 0.4) is 0 Å². The molecule has 1 aromatic heterocycles. The van der Waals surface area contributed by atoms with Crippen LogP contribution in [0.1, 0.15) is 11.4 Å². The third kappa shape index (κ3) is 2.73. The third-order valence-corrected chi connectivity index (χ3v) is 3.42. The molecule has 0 spiro atoms. The van der Waals surface area contributed by atoms with E-state index < -0.39 is 0 Å². The van der Waals surface area contributed by atoms with E-state index in [4.69, 9.17) is 0 Å². The number of rotatable bonds is 4. The van der Waals surface area contributed by atoms with E-state index in [0.29, 0.717) is 6.54 Å². The van der Waals surface area contributed by atoms with E-state index in [1.165, 1.54) is 0 Å². The predicted molar refractivity (Wildman–Crippen MR) is 75.4 cm³/mol. The molecule has 2 aromatic rings. The summed E-state index contributed by atoms with van der Waals surface area (Å²) in [4.78, 5) is 6.39. The number of nitrogens with zero attached hydrogens (tertiary/aromatic N) is 3. The lowest BCUT2D eigenvalue weighted by Gasteiger charge is -2.21. The highest BCUT2D eigenvalue weighted by Crippen LogP contribution is 2.24. The fraction of sp³-hybridized carbons (Fsp3) is 0.308. The van der Waals surface area contributed by atoms with Crippen molar-refractivity contribution < 1.29 is 5.11 Å². The summed E-state index contributed by atoms with van der Waals surface area (Å²) in [6, 6.07) is 5.91. The molecular weight excluding hydrogens is 294 g/mol. The summed E-state index contributed by atoms with van der Waals surface area (Å²) in [5, 5.41) is 9.40. The van der Waals surface area contributed by atoms with E-state index in [1.54, 1.807) is 6.20 Å². The number of aryl methyl sites for hydroxylation is 1. The second kappa shape index (κ2) is 5.54. The number of hydrogen-bond donors (Lipinski definition) is 1. The van der Waals surface area contributed by atoms with Crippen LogP contribution in [0.4, 0.5) is 5.69 Å². The minimum Gasteiger partial charge on any atom is -0.392 e. The monoisotopic (exact) mass is 309 g/mol. The Labute approximate surface area is 115 Å². The van der Waals surface area contributed by atoms with Gasteiger partial charge in [0.25, 0.3) is 0 Å². The Morgan fingerprint density at radius 3 is 2.83 bits per heavy atom. The smallest absolute Gasteiger partial charge is 0.127 e. The zero-order chi connectivity index (χ0) is 13.1. The molecule has 0 aliphatic carbocycles. The molecule has 0 amide bonds. The van der Waals surface area contributed by atoms with E-state index in [9.17, 15) is 5.11 Å². The van der Waals surface area contributed by atoms with Gasteiger partial charge < -0.3 is 14.6 Å². The van der Waals surface area contributed by atoms with Gasteiger partial charge in [0.15, 0.2) is 0 Å². The van der Waals surface area contributed by atoms with Crippen LogP contribution in [-0.4, -0.2) is 21.7 Å². The second-order valence-electron chi connectivity index (χ2n) is 4.24. The van der Waals surface area contributed by atoms with Gasteiger partial charge in [0, 0.05) is 42.2 Å². The molecular formula is C13H16BrN3O. The first-order valence-electron chi connectivity index (χ1n) is 5.68. The van der Waals surface area contributed by atoms with Crippen molar-refractivity contribution in [2.24, 2.45) is 7.05 Å². The molecule has 4 nitrogen and oxygen atoms in total. The van der Waals surface area contributed by atoms with Crippen LogP contribution in [0.5, 0.6) is 0 Å². The number of anilines is 1. The van der Waals surface area contributed by atoms with Crippen LogP contribution in [-0.2, 0) is 20.2 Å². The number of aromatic nitrogens is 2. The summed E-state index contributed by atoms with van der Waals surface area (Å²) in [6.45, 7) is 0.734. The van der Waals surface area contributed by atoms with Crippen LogP contribution in [0.15, 0.2) is 35.1 Å². The standard InChI is InChI=1S/C13H16BrN3O/c1-16-6-5-15-13(16)8-17(2)12-4-3-11(14)7-10(12)9-18/h3-7,18H,8-9H2,1-2H3. The van der Waals surface area contributed by atoms with Crippen LogP contribution in [0, 0.1) is 0 Å². The Bertz CT molecular complexity index is 539. The molecule has 96 valence electrons. The van der Waals surface area contributed by atoms with E-state index in [-0.39, 0.29) is 6.61 Å². The van der Waals surface area contributed by atoms with Crippen molar-refractivity contribution in [1.29, 1.82) is 0 Å². The molecule has 18 heavy (non-hydrogen) atoms. The lowest BCUT2D eigenvalue weighted by atomic mass is 10.1. The molecule has 1 N–H and O–H groups in total. The fourth-order valence-electron chi connectivity index (χ4n) is 1.90. The average Bonchev–Trinajstić information content (AvgIpc) is 2.74. The Kier molecular flexibility index (Phi) is 4.04. The third-order valence-electron chi connectivity index (χ3n) is 2.92. The highest BCUT2D eigenvalue weighted by Gasteiger charge is 2.10. The molecule has 0 saturated heterocycles. The van der Waals surface area contributed by atoms with Crippen molar-refractivity contribution in [2.45, 2.75) is 13.2 Å². The van der Waals surface area contributed by atoms with Gasteiger partial charge in [-0.3, -0.25) is 0 Å². The summed E-state index contributed by atoms with van der Waals surface area (Å²) >= 11 is 3.41.